The van der Waals surface area contributed by atoms with Gasteiger partial charge >= 0.3 is 0 Å². The molecule has 0 unspecified atom stereocenters. The lowest BCUT2D eigenvalue weighted by molar-refractivity contribution is 0.584. The number of pyridine rings is 1. The van der Waals surface area contributed by atoms with Crippen molar-refractivity contribution >= 4 is 16.2 Å². The highest BCUT2D eigenvalue weighted by Crippen LogP contribution is 2.14. The van der Waals surface area contributed by atoms with Gasteiger partial charge in [0.2, 0.25) is 0 Å². The fourth-order valence-electron chi connectivity index (χ4n) is 1.55. The molecule has 0 aliphatic carbocycles. The molecule has 0 radical (unpaired) electrons. The Balaban J connectivity index is 2.15. The molecule has 0 atom stereocenters. The summed E-state index contributed by atoms with van der Waals surface area (Å²) in [6, 6.07) is 8.42. The van der Waals surface area contributed by atoms with Crippen LogP contribution in [-0.4, -0.2) is 19.6 Å². The first-order valence-corrected chi connectivity index (χ1v) is 7.49. The molecule has 104 valence electrons. The van der Waals surface area contributed by atoms with Gasteiger partial charge in [-0.05, 0) is 54.8 Å². The van der Waals surface area contributed by atoms with Crippen LogP contribution in [0.15, 0.2) is 52.7 Å². The molecule has 1 aromatic heterocycles. The Labute approximate surface area is 118 Å². The molecule has 5 nitrogen and oxygen atoms in total. The van der Waals surface area contributed by atoms with Crippen LogP contribution < -0.4 is 4.83 Å². The third-order valence-electron chi connectivity index (χ3n) is 2.88. The van der Waals surface area contributed by atoms with Gasteiger partial charge in [0, 0.05) is 12.4 Å². The standard InChI is InChI=1S/C14H15N3O2S/c1-11-3-4-14(9-12(11)2)20(18,19)17-16-10-13-5-7-15-8-6-13/h3-10,17H,1-2H3/b16-10+. The van der Waals surface area contributed by atoms with E-state index in [2.05, 4.69) is 14.9 Å². The predicted molar refractivity (Wildman–Crippen MR) is 78.1 cm³/mol. The summed E-state index contributed by atoms with van der Waals surface area (Å²) >= 11 is 0. The molecule has 1 N–H and O–H groups in total. The highest BCUT2D eigenvalue weighted by molar-refractivity contribution is 7.89. The largest absolute Gasteiger partial charge is 0.276 e. The van der Waals surface area contributed by atoms with Crippen LogP contribution in [0.3, 0.4) is 0 Å². The molecule has 6 heteroatoms. The van der Waals surface area contributed by atoms with E-state index in [1.54, 1.807) is 42.7 Å². The van der Waals surface area contributed by atoms with E-state index in [1.807, 2.05) is 13.8 Å². The highest BCUT2D eigenvalue weighted by Gasteiger charge is 2.13. The number of nitrogens with one attached hydrogen (secondary N) is 1. The van der Waals surface area contributed by atoms with Crippen LogP contribution in [-0.2, 0) is 10.0 Å². The smallest absolute Gasteiger partial charge is 0.265 e. The van der Waals surface area contributed by atoms with Gasteiger partial charge in [0.05, 0.1) is 11.1 Å². The molecule has 2 aromatic rings. The number of hydrogen-bond donors (Lipinski definition) is 1. The molecule has 1 heterocycles. The fraction of sp³-hybridized carbons (Fsp3) is 0.143. The molecule has 0 fully saturated rings. The van der Waals surface area contributed by atoms with Gasteiger partial charge in [-0.15, -0.1) is 0 Å². The monoisotopic (exact) mass is 289 g/mol. The van der Waals surface area contributed by atoms with E-state index < -0.39 is 10.0 Å². The zero-order valence-corrected chi connectivity index (χ0v) is 12.1. The van der Waals surface area contributed by atoms with E-state index in [9.17, 15) is 8.42 Å². The number of nitrogens with zero attached hydrogens (tertiary/aromatic N) is 2. The van der Waals surface area contributed by atoms with Gasteiger partial charge in [-0.1, -0.05) is 6.07 Å². The van der Waals surface area contributed by atoms with Gasteiger partial charge in [-0.25, -0.2) is 4.83 Å². The molecule has 0 spiro atoms. The number of aryl methyl sites for hydroxylation is 2. The normalized spacial score (nSPS) is 11.7. The lowest BCUT2D eigenvalue weighted by Gasteiger charge is -2.06. The second kappa shape index (κ2) is 5.83. The van der Waals surface area contributed by atoms with Gasteiger partial charge in [0.25, 0.3) is 10.0 Å². The first-order chi connectivity index (χ1) is 9.49. The molecule has 0 amide bonds. The van der Waals surface area contributed by atoms with E-state index >= 15 is 0 Å². The average molecular weight is 289 g/mol. The van der Waals surface area contributed by atoms with E-state index in [0.29, 0.717) is 0 Å². The van der Waals surface area contributed by atoms with Crippen LogP contribution >= 0.6 is 0 Å². The Morgan fingerprint density at radius 1 is 1.10 bits per heavy atom. The lowest BCUT2D eigenvalue weighted by atomic mass is 10.1. The van der Waals surface area contributed by atoms with Gasteiger partial charge in [0.15, 0.2) is 0 Å². The molecular weight excluding hydrogens is 274 g/mol. The fourth-order valence-corrected chi connectivity index (χ4v) is 2.43. The van der Waals surface area contributed by atoms with Crippen molar-refractivity contribution in [1.82, 2.24) is 9.82 Å². The zero-order valence-electron chi connectivity index (χ0n) is 11.2. The summed E-state index contributed by atoms with van der Waals surface area (Å²) < 4.78 is 24.1. The van der Waals surface area contributed by atoms with E-state index in [-0.39, 0.29) is 4.90 Å². The van der Waals surface area contributed by atoms with E-state index in [0.717, 1.165) is 16.7 Å². The van der Waals surface area contributed by atoms with Crippen LogP contribution in [0, 0.1) is 13.8 Å². The third kappa shape index (κ3) is 3.42. The number of sulfonamides is 1. The van der Waals surface area contributed by atoms with E-state index in [1.165, 1.54) is 6.21 Å². The molecule has 1 aromatic carbocycles. The van der Waals surface area contributed by atoms with Crippen molar-refractivity contribution in [1.29, 1.82) is 0 Å². The van der Waals surface area contributed by atoms with Crippen molar-refractivity contribution in [3.05, 3.63) is 59.4 Å². The van der Waals surface area contributed by atoms with Gasteiger partial charge in [0.1, 0.15) is 0 Å². The molecule has 0 bridgehead atoms. The molecule has 0 aliphatic heterocycles. The van der Waals surface area contributed by atoms with E-state index in [4.69, 9.17) is 0 Å². The number of hydrogen-bond acceptors (Lipinski definition) is 4. The number of aromatic nitrogens is 1. The maximum Gasteiger partial charge on any atom is 0.276 e. The number of rotatable bonds is 4. The predicted octanol–water partition coefficient (Wildman–Crippen LogP) is 2.01. The minimum absolute atomic E-state index is 0.201. The Morgan fingerprint density at radius 2 is 1.80 bits per heavy atom. The Morgan fingerprint density at radius 3 is 2.45 bits per heavy atom. The van der Waals surface area contributed by atoms with Crippen molar-refractivity contribution in [2.75, 3.05) is 0 Å². The van der Waals surface area contributed by atoms with Gasteiger partial charge < -0.3 is 0 Å². The maximum atomic E-state index is 12.0. The topological polar surface area (TPSA) is 71.4 Å². The van der Waals surface area contributed by atoms with Crippen molar-refractivity contribution in [2.24, 2.45) is 5.10 Å². The summed E-state index contributed by atoms with van der Waals surface area (Å²) in [5.41, 5.74) is 2.73. The average Bonchev–Trinajstić information content (AvgIpc) is 2.43. The van der Waals surface area contributed by atoms with Crippen LogP contribution in [0.4, 0.5) is 0 Å². The minimum atomic E-state index is -3.63. The van der Waals surface area contributed by atoms with Crippen molar-refractivity contribution in [2.45, 2.75) is 18.7 Å². The van der Waals surface area contributed by atoms with Gasteiger partial charge in [-0.2, -0.15) is 13.5 Å². The van der Waals surface area contributed by atoms with Crippen LogP contribution in [0.5, 0.6) is 0 Å². The summed E-state index contributed by atoms with van der Waals surface area (Å²) in [5, 5.41) is 3.75. The van der Waals surface area contributed by atoms with Crippen LogP contribution in [0.25, 0.3) is 0 Å². The molecule has 0 saturated carbocycles. The summed E-state index contributed by atoms with van der Waals surface area (Å²) in [7, 11) is -3.63. The Kier molecular flexibility index (Phi) is 4.14. The summed E-state index contributed by atoms with van der Waals surface area (Å²) in [4.78, 5) is 6.26. The van der Waals surface area contributed by atoms with Crippen molar-refractivity contribution in [3.63, 3.8) is 0 Å². The summed E-state index contributed by atoms with van der Waals surface area (Å²) in [6.07, 6.45) is 4.65. The molecule has 0 saturated heterocycles. The second-order valence-electron chi connectivity index (χ2n) is 4.38. The number of hydrazone groups is 1. The van der Waals surface area contributed by atoms with Crippen LogP contribution in [0.1, 0.15) is 16.7 Å². The molecule has 2 rings (SSSR count). The quantitative estimate of drug-likeness (QED) is 0.691. The molecular formula is C14H15N3O2S. The van der Waals surface area contributed by atoms with Crippen molar-refractivity contribution < 1.29 is 8.42 Å². The third-order valence-corrected chi connectivity index (χ3v) is 4.10. The Bertz CT molecular complexity index is 725. The molecule has 20 heavy (non-hydrogen) atoms. The lowest BCUT2D eigenvalue weighted by Crippen LogP contribution is -2.18. The van der Waals surface area contributed by atoms with Crippen molar-refractivity contribution in [3.8, 4) is 0 Å². The summed E-state index contributed by atoms with van der Waals surface area (Å²) in [5.74, 6) is 0. The zero-order chi connectivity index (χ0) is 14.6. The SMILES string of the molecule is Cc1ccc(S(=O)(=O)N/N=C/c2ccncc2)cc1C. The first kappa shape index (κ1) is 14.2. The van der Waals surface area contributed by atoms with Crippen LogP contribution in [0.2, 0.25) is 0 Å². The second-order valence-corrected chi connectivity index (χ2v) is 6.04. The Hall–Kier alpha value is -2.21. The first-order valence-electron chi connectivity index (χ1n) is 6.01. The maximum absolute atomic E-state index is 12.0. The summed E-state index contributed by atoms with van der Waals surface area (Å²) in [6.45, 7) is 3.80. The number of benzene rings is 1. The minimum Gasteiger partial charge on any atom is -0.265 e. The molecule has 0 aliphatic rings. The highest BCUT2D eigenvalue weighted by atomic mass is 32.2. The van der Waals surface area contributed by atoms with Gasteiger partial charge in [-0.3, -0.25) is 4.98 Å².